The number of fused-ring (bicyclic) bond motifs is 1. The van der Waals surface area contributed by atoms with E-state index in [9.17, 15) is 4.79 Å². The second-order valence-corrected chi connectivity index (χ2v) is 6.19. The highest BCUT2D eigenvalue weighted by atomic mass is 16.5. The van der Waals surface area contributed by atoms with E-state index in [2.05, 4.69) is 9.97 Å². The van der Waals surface area contributed by atoms with Gasteiger partial charge in [0.1, 0.15) is 18.7 Å². The third-order valence-corrected chi connectivity index (χ3v) is 4.53. The maximum absolute atomic E-state index is 12.6. The molecule has 3 heterocycles. The molecule has 1 aromatic carbocycles. The minimum absolute atomic E-state index is 0.0529. The van der Waals surface area contributed by atoms with Crippen LogP contribution in [0, 0.1) is 11.3 Å². The van der Waals surface area contributed by atoms with Gasteiger partial charge in [-0.15, -0.1) is 0 Å². The number of hydrogen-bond acceptors (Lipinski definition) is 5. The molecule has 0 spiro atoms. The van der Waals surface area contributed by atoms with E-state index in [1.54, 1.807) is 4.90 Å². The highest BCUT2D eigenvalue weighted by Crippen LogP contribution is 2.20. The van der Waals surface area contributed by atoms with Gasteiger partial charge in [-0.1, -0.05) is 18.2 Å². The first-order valence-electron chi connectivity index (χ1n) is 8.44. The molecule has 1 amide bonds. The monoisotopic (exact) mass is 347 g/mol. The summed E-state index contributed by atoms with van der Waals surface area (Å²) in [6.45, 7) is 1.42. The maximum atomic E-state index is 12.6. The summed E-state index contributed by atoms with van der Waals surface area (Å²) in [6, 6.07) is 12.0. The lowest BCUT2D eigenvalue weighted by molar-refractivity contribution is -0.131. The van der Waals surface area contributed by atoms with Crippen molar-refractivity contribution in [3.63, 3.8) is 0 Å². The number of amides is 1. The van der Waals surface area contributed by atoms with E-state index >= 15 is 0 Å². The largest absolute Gasteiger partial charge is 0.470 e. The first kappa shape index (κ1) is 16.1. The summed E-state index contributed by atoms with van der Waals surface area (Å²) in [5.41, 5.74) is 1.21. The Morgan fingerprint density at radius 3 is 3.00 bits per heavy atom. The molecule has 0 saturated carbocycles. The van der Waals surface area contributed by atoms with E-state index < -0.39 is 0 Å². The van der Waals surface area contributed by atoms with Crippen LogP contribution >= 0.6 is 0 Å². The normalized spacial score (nSPS) is 16.6. The summed E-state index contributed by atoms with van der Waals surface area (Å²) in [5, 5.41) is 10.2. The number of ether oxygens (including phenoxy) is 1. The standard InChI is InChI=1S/C19H17N5O2/c20-11-16-19(22-8-7-21-16)26-15-6-10-24(12-15)18(25)13-23-9-5-14-3-1-2-4-17(14)23/h1-5,7-9,15H,6,10,12-13H2. The zero-order chi connectivity index (χ0) is 17.9. The van der Waals surface area contributed by atoms with Gasteiger partial charge in [-0.05, 0) is 17.5 Å². The summed E-state index contributed by atoms with van der Waals surface area (Å²) in [5.74, 6) is 0.280. The Labute approximate surface area is 150 Å². The molecule has 3 aromatic rings. The van der Waals surface area contributed by atoms with Crippen LogP contribution in [0.2, 0.25) is 0 Å². The summed E-state index contributed by atoms with van der Waals surface area (Å²) in [6.07, 6.45) is 5.41. The number of nitriles is 1. The quantitative estimate of drug-likeness (QED) is 0.720. The van der Waals surface area contributed by atoms with E-state index in [0.29, 0.717) is 26.1 Å². The highest BCUT2D eigenvalue weighted by Gasteiger charge is 2.28. The predicted octanol–water partition coefficient (Wildman–Crippen LogP) is 1.98. The lowest BCUT2D eigenvalue weighted by Crippen LogP contribution is -2.33. The fraction of sp³-hybridized carbons (Fsp3) is 0.263. The molecular formula is C19H17N5O2. The molecule has 4 rings (SSSR count). The smallest absolute Gasteiger partial charge is 0.251 e. The molecule has 0 N–H and O–H groups in total. The summed E-state index contributed by atoms with van der Waals surface area (Å²) >= 11 is 0. The van der Waals surface area contributed by atoms with Crippen LogP contribution in [0.15, 0.2) is 48.9 Å². The Hall–Kier alpha value is -3.40. The zero-order valence-electron chi connectivity index (χ0n) is 14.1. The van der Waals surface area contributed by atoms with E-state index in [-0.39, 0.29) is 23.6 Å². The number of rotatable bonds is 4. The molecule has 1 aliphatic rings. The van der Waals surface area contributed by atoms with Gasteiger partial charge in [0, 0.05) is 37.1 Å². The average Bonchev–Trinajstić information content (AvgIpc) is 3.30. The van der Waals surface area contributed by atoms with Crippen LogP contribution in [0.3, 0.4) is 0 Å². The van der Waals surface area contributed by atoms with Crippen LogP contribution in [-0.4, -0.2) is 44.5 Å². The van der Waals surface area contributed by atoms with Gasteiger partial charge in [-0.3, -0.25) is 4.79 Å². The third kappa shape index (κ3) is 3.09. The third-order valence-electron chi connectivity index (χ3n) is 4.53. The van der Waals surface area contributed by atoms with Crippen molar-refractivity contribution in [3.05, 3.63) is 54.6 Å². The predicted molar refractivity (Wildman–Crippen MR) is 94.3 cm³/mol. The molecule has 1 fully saturated rings. The molecular weight excluding hydrogens is 330 g/mol. The molecule has 0 radical (unpaired) electrons. The fourth-order valence-electron chi connectivity index (χ4n) is 3.22. The van der Waals surface area contributed by atoms with Crippen molar-refractivity contribution < 1.29 is 9.53 Å². The zero-order valence-corrected chi connectivity index (χ0v) is 14.1. The minimum atomic E-state index is -0.177. The van der Waals surface area contributed by atoms with Crippen molar-refractivity contribution in [2.75, 3.05) is 13.1 Å². The van der Waals surface area contributed by atoms with Gasteiger partial charge in [0.15, 0.2) is 0 Å². The molecule has 1 unspecified atom stereocenters. The van der Waals surface area contributed by atoms with Crippen LogP contribution in [0.25, 0.3) is 10.9 Å². The number of para-hydroxylation sites is 1. The van der Waals surface area contributed by atoms with Gasteiger partial charge >= 0.3 is 0 Å². The number of carbonyl (C=O) groups is 1. The molecule has 1 saturated heterocycles. The summed E-state index contributed by atoms with van der Waals surface area (Å²) in [4.78, 5) is 22.4. The van der Waals surface area contributed by atoms with E-state index in [4.69, 9.17) is 10.00 Å². The summed E-state index contributed by atoms with van der Waals surface area (Å²) < 4.78 is 7.75. The van der Waals surface area contributed by atoms with Crippen molar-refractivity contribution >= 4 is 16.8 Å². The molecule has 2 aromatic heterocycles. The van der Waals surface area contributed by atoms with Gasteiger partial charge in [-0.2, -0.15) is 5.26 Å². The van der Waals surface area contributed by atoms with E-state index in [1.165, 1.54) is 12.4 Å². The fourth-order valence-corrected chi connectivity index (χ4v) is 3.22. The van der Waals surface area contributed by atoms with Gasteiger partial charge in [0.05, 0.1) is 6.54 Å². The van der Waals surface area contributed by atoms with Gasteiger partial charge < -0.3 is 14.2 Å². The number of likely N-dealkylation sites (tertiary alicyclic amines) is 1. The summed E-state index contributed by atoms with van der Waals surface area (Å²) in [7, 11) is 0. The molecule has 1 aliphatic heterocycles. The van der Waals surface area contributed by atoms with Crippen LogP contribution in [-0.2, 0) is 11.3 Å². The first-order chi connectivity index (χ1) is 12.7. The van der Waals surface area contributed by atoms with Crippen molar-refractivity contribution in [1.29, 1.82) is 5.26 Å². The first-order valence-corrected chi connectivity index (χ1v) is 8.44. The van der Waals surface area contributed by atoms with Crippen molar-refractivity contribution in [2.45, 2.75) is 19.1 Å². The Morgan fingerprint density at radius 1 is 1.27 bits per heavy atom. The van der Waals surface area contributed by atoms with Gasteiger partial charge in [0.25, 0.3) is 5.88 Å². The highest BCUT2D eigenvalue weighted by molar-refractivity contribution is 5.83. The second kappa shape index (κ2) is 6.84. The van der Waals surface area contributed by atoms with Crippen LogP contribution in [0.5, 0.6) is 5.88 Å². The lowest BCUT2D eigenvalue weighted by atomic mass is 10.2. The molecule has 0 bridgehead atoms. The molecule has 0 aliphatic carbocycles. The Kier molecular flexibility index (Phi) is 4.23. The number of benzene rings is 1. The number of hydrogen-bond donors (Lipinski definition) is 0. The molecule has 130 valence electrons. The van der Waals surface area contributed by atoms with Crippen molar-refractivity contribution in [3.8, 4) is 11.9 Å². The topological polar surface area (TPSA) is 84.0 Å². The van der Waals surface area contributed by atoms with Gasteiger partial charge in [0.2, 0.25) is 11.6 Å². The Morgan fingerprint density at radius 2 is 2.12 bits per heavy atom. The van der Waals surface area contributed by atoms with Crippen LogP contribution < -0.4 is 4.74 Å². The average molecular weight is 347 g/mol. The van der Waals surface area contributed by atoms with Crippen LogP contribution in [0.1, 0.15) is 12.1 Å². The van der Waals surface area contributed by atoms with Crippen molar-refractivity contribution in [1.82, 2.24) is 19.4 Å². The van der Waals surface area contributed by atoms with Crippen molar-refractivity contribution in [2.24, 2.45) is 0 Å². The van der Waals surface area contributed by atoms with Gasteiger partial charge in [-0.25, -0.2) is 9.97 Å². The SMILES string of the molecule is N#Cc1nccnc1OC1CCN(C(=O)Cn2ccc3ccccc32)C1. The number of carbonyl (C=O) groups excluding carboxylic acids is 1. The van der Waals surface area contributed by atoms with E-state index in [1.807, 2.05) is 47.2 Å². The molecule has 1 atom stereocenters. The molecule has 7 nitrogen and oxygen atoms in total. The molecule has 26 heavy (non-hydrogen) atoms. The Balaban J connectivity index is 1.40. The second-order valence-electron chi connectivity index (χ2n) is 6.19. The number of aromatic nitrogens is 3. The Bertz CT molecular complexity index is 991. The minimum Gasteiger partial charge on any atom is -0.470 e. The lowest BCUT2D eigenvalue weighted by Gasteiger charge is -2.17. The molecule has 7 heteroatoms. The van der Waals surface area contributed by atoms with E-state index in [0.717, 1.165) is 10.9 Å². The van der Waals surface area contributed by atoms with Crippen LogP contribution in [0.4, 0.5) is 0 Å². The number of nitrogens with zero attached hydrogens (tertiary/aromatic N) is 5. The maximum Gasteiger partial charge on any atom is 0.251 e.